The first-order chi connectivity index (χ1) is 8.50. The van der Waals surface area contributed by atoms with Gasteiger partial charge in [-0.25, -0.2) is 4.79 Å². The predicted molar refractivity (Wildman–Crippen MR) is 73.0 cm³/mol. The van der Waals surface area contributed by atoms with Crippen molar-refractivity contribution in [1.29, 1.82) is 0 Å². The van der Waals surface area contributed by atoms with Gasteiger partial charge in [-0.15, -0.1) is 0 Å². The minimum atomic E-state index is -1.03. The van der Waals surface area contributed by atoms with Crippen LogP contribution in [0.25, 0.3) is 11.1 Å². The number of carbonyl (C=O) groups is 1. The normalized spacial score (nSPS) is 10.3. The van der Waals surface area contributed by atoms with Gasteiger partial charge in [0, 0.05) is 10.7 Å². The molecular formula is C14H12ClNO2. The third kappa shape index (κ3) is 2.17. The fourth-order valence-corrected chi connectivity index (χ4v) is 2.00. The highest BCUT2D eigenvalue weighted by molar-refractivity contribution is 6.31. The second kappa shape index (κ2) is 4.70. The van der Waals surface area contributed by atoms with Crippen molar-refractivity contribution in [3.63, 3.8) is 0 Å². The van der Waals surface area contributed by atoms with Gasteiger partial charge < -0.3 is 10.8 Å². The molecule has 0 aliphatic rings. The molecule has 2 aromatic rings. The molecule has 2 rings (SSSR count). The third-order valence-electron chi connectivity index (χ3n) is 2.86. The highest BCUT2D eigenvalue weighted by Gasteiger charge is 2.11. The van der Waals surface area contributed by atoms with Crippen LogP contribution in [-0.2, 0) is 0 Å². The second-order valence-corrected chi connectivity index (χ2v) is 4.43. The molecule has 0 fully saturated rings. The molecule has 0 saturated heterocycles. The summed E-state index contributed by atoms with van der Waals surface area (Å²) in [4.78, 5) is 11.1. The van der Waals surface area contributed by atoms with E-state index in [1.54, 1.807) is 24.3 Å². The van der Waals surface area contributed by atoms with E-state index in [1.807, 2.05) is 19.1 Å². The number of nitrogen functional groups attached to an aromatic ring is 1. The monoisotopic (exact) mass is 261 g/mol. The van der Waals surface area contributed by atoms with Gasteiger partial charge in [0.25, 0.3) is 0 Å². The lowest BCUT2D eigenvalue weighted by Crippen LogP contribution is -2.02. The van der Waals surface area contributed by atoms with E-state index in [0.717, 1.165) is 16.7 Å². The Morgan fingerprint density at radius 2 is 2.00 bits per heavy atom. The van der Waals surface area contributed by atoms with Crippen LogP contribution in [0.3, 0.4) is 0 Å². The molecule has 2 aromatic carbocycles. The molecular weight excluding hydrogens is 250 g/mol. The average Bonchev–Trinajstić information content (AvgIpc) is 2.33. The molecule has 18 heavy (non-hydrogen) atoms. The zero-order valence-electron chi connectivity index (χ0n) is 9.77. The summed E-state index contributed by atoms with van der Waals surface area (Å²) in [5.41, 5.74) is 8.61. The molecule has 0 amide bonds. The van der Waals surface area contributed by atoms with E-state index in [-0.39, 0.29) is 11.3 Å². The molecule has 0 bridgehead atoms. The molecule has 0 spiro atoms. The number of halogens is 1. The molecule has 0 aliphatic heterocycles. The number of carboxylic acids is 1. The third-order valence-corrected chi connectivity index (χ3v) is 3.27. The van der Waals surface area contributed by atoms with Crippen molar-refractivity contribution in [2.75, 3.05) is 5.73 Å². The molecule has 4 heteroatoms. The van der Waals surface area contributed by atoms with E-state index >= 15 is 0 Å². The van der Waals surface area contributed by atoms with Crippen molar-refractivity contribution in [1.82, 2.24) is 0 Å². The van der Waals surface area contributed by atoms with Crippen molar-refractivity contribution in [2.45, 2.75) is 6.92 Å². The van der Waals surface area contributed by atoms with Crippen LogP contribution >= 0.6 is 11.6 Å². The standard InChI is InChI=1S/C14H12ClNO2/c1-8-10(3-2-4-12(8)15)9-5-6-13(16)11(7-9)14(17)18/h2-7H,16H2,1H3,(H,17,18). The minimum Gasteiger partial charge on any atom is -0.478 e. The van der Waals surface area contributed by atoms with Gasteiger partial charge in [-0.05, 0) is 41.8 Å². The molecule has 0 atom stereocenters. The number of benzene rings is 2. The number of aromatic carboxylic acids is 1. The summed E-state index contributed by atoms with van der Waals surface area (Å²) in [6.45, 7) is 1.90. The minimum absolute atomic E-state index is 0.104. The molecule has 0 aromatic heterocycles. The maximum absolute atomic E-state index is 11.1. The molecule has 92 valence electrons. The Labute approximate surface area is 110 Å². The van der Waals surface area contributed by atoms with Crippen molar-refractivity contribution < 1.29 is 9.90 Å². The summed E-state index contributed by atoms with van der Waals surface area (Å²) in [6, 6.07) is 10.5. The zero-order valence-corrected chi connectivity index (χ0v) is 10.5. The van der Waals surface area contributed by atoms with Gasteiger partial charge in [0.1, 0.15) is 0 Å². The quantitative estimate of drug-likeness (QED) is 0.812. The van der Waals surface area contributed by atoms with Gasteiger partial charge >= 0.3 is 5.97 Å². The zero-order chi connectivity index (χ0) is 13.3. The van der Waals surface area contributed by atoms with Crippen LogP contribution in [0.4, 0.5) is 5.69 Å². The molecule has 0 heterocycles. The molecule has 0 saturated carbocycles. The SMILES string of the molecule is Cc1c(Cl)cccc1-c1ccc(N)c(C(=O)O)c1. The number of anilines is 1. The van der Waals surface area contributed by atoms with Gasteiger partial charge in [0.05, 0.1) is 5.56 Å². The van der Waals surface area contributed by atoms with E-state index in [2.05, 4.69) is 0 Å². The van der Waals surface area contributed by atoms with Crippen LogP contribution in [0.1, 0.15) is 15.9 Å². The summed E-state index contributed by atoms with van der Waals surface area (Å²) in [6.07, 6.45) is 0. The number of nitrogens with two attached hydrogens (primary N) is 1. The summed E-state index contributed by atoms with van der Waals surface area (Å²) < 4.78 is 0. The Morgan fingerprint density at radius 1 is 1.28 bits per heavy atom. The lowest BCUT2D eigenvalue weighted by Gasteiger charge is -2.09. The Hall–Kier alpha value is -2.00. The maximum Gasteiger partial charge on any atom is 0.337 e. The van der Waals surface area contributed by atoms with Crippen LogP contribution in [-0.4, -0.2) is 11.1 Å². The first-order valence-electron chi connectivity index (χ1n) is 5.39. The van der Waals surface area contributed by atoms with Gasteiger partial charge in [-0.1, -0.05) is 29.8 Å². The van der Waals surface area contributed by atoms with E-state index < -0.39 is 5.97 Å². The lowest BCUT2D eigenvalue weighted by atomic mass is 9.98. The summed E-state index contributed by atoms with van der Waals surface area (Å²) in [7, 11) is 0. The first kappa shape index (κ1) is 12.5. The van der Waals surface area contributed by atoms with E-state index in [1.165, 1.54) is 0 Å². The van der Waals surface area contributed by atoms with Crippen molar-refractivity contribution in [3.05, 3.63) is 52.5 Å². The van der Waals surface area contributed by atoms with Gasteiger partial charge in [0.2, 0.25) is 0 Å². The topological polar surface area (TPSA) is 63.3 Å². The van der Waals surface area contributed by atoms with Crippen LogP contribution in [0.2, 0.25) is 5.02 Å². The Kier molecular flexibility index (Phi) is 3.26. The van der Waals surface area contributed by atoms with Crippen molar-refractivity contribution >= 4 is 23.3 Å². The maximum atomic E-state index is 11.1. The predicted octanol–water partition coefficient (Wildman–Crippen LogP) is 3.60. The van der Waals surface area contributed by atoms with E-state index in [9.17, 15) is 4.79 Å². The number of carboxylic acid groups (broad SMARTS) is 1. The molecule has 0 unspecified atom stereocenters. The van der Waals surface area contributed by atoms with Crippen molar-refractivity contribution in [2.24, 2.45) is 0 Å². The highest BCUT2D eigenvalue weighted by atomic mass is 35.5. The first-order valence-corrected chi connectivity index (χ1v) is 5.77. The van der Waals surface area contributed by atoms with Crippen LogP contribution in [0, 0.1) is 6.92 Å². The fraction of sp³-hybridized carbons (Fsp3) is 0.0714. The molecule has 3 nitrogen and oxygen atoms in total. The Bertz CT molecular complexity index is 623. The smallest absolute Gasteiger partial charge is 0.337 e. The van der Waals surface area contributed by atoms with Crippen molar-refractivity contribution in [3.8, 4) is 11.1 Å². The number of hydrogen-bond acceptors (Lipinski definition) is 2. The molecule has 0 radical (unpaired) electrons. The lowest BCUT2D eigenvalue weighted by molar-refractivity contribution is 0.0698. The molecule has 3 N–H and O–H groups in total. The number of hydrogen-bond donors (Lipinski definition) is 2. The van der Waals surface area contributed by atoms with Crippen LogP contribution < -0.4 is 5.73 Å². The highest BCUT2D eigenvalue weighted by Crippen LogP contribution is 2.30. The Balaban J connectivity index is 2.62. The van der Waals surface area contributed by atoms with Gasteiger partial charge in [-0.3, -0.25) is 0 Å². The van der Waals surface area contributed by atoms with Crippen LogP contribution in [0.15, 0.2) is 36.4 Å². The van der Waals surface area contributed by atoms with Crippen LogP contribution in [0.5, 0.6) is 0 Å². The second-order valence-electron chi connectivity index (χ2n) is 4.02. The molecule has 0 aliphatic carbocycles. The van der Waals surface area contributed by atoms with Gasteiger partial charge in [-0.2, -0.15) is 0 Å². The average molecular weight is 262 g/mol. The fourth-order valence-electron chi connectivity index (χ4n) is 1.83. The van der Waals surface area contributed by atoms with E-state index in [4.69, 9.17) is 22.4 Å². The largest absolute Gasteiger partial charge is 0.478 e. The van der Waals surface area contributed by atoms with E-state index in [0.29, 0.717) is 5.02 Å². The summed E-state index contributed by atoms with van der Waals surface area (Å²) in [5.74, 6) is -1.03. The summed E-state index contributed by atoms with van der Waals surface area (Å²) >= 11 is 6.06. The summed E-state index contributed by atoms with van der Waals surface area (Å²) in [5, 5.41) is 9.71. The Morgan fingerprint density at radius 3 is 2.67 bits per heavy atom. The number of rotatable bonds is 2. The van der Waals surface area contributed by atoms with Gasteiger partial charge in [0.15, 0.2) is 0 Å².